The molecule has 1 saturated heterocycles. The number of nitrogens with one attached hydrogen (secondary N) is 2. The number of unbranched alkanes of at least 4 members (excludes halogenated alkanes) is 2. The first-order valence-corrected chi connectivity index (χ1v) is 8.60. The van der Waals surface area contributed by atoms with Crippen LogP contribution in [0.25, 0.3) is 0 Å². The van der Waals surface area contributed by atoms with Gasteiger partial charge in [0.1, 0.15) is 0 Å². The summed E-state index contributed by atoms with van der Waals surface area (Å²) in [6.07, 6.45) is 7.56. The summed E-state index contributed by atoms with van der Waals surface area (Å²) in [6, 6.07) is 0. The van der Waals surface area contributed by atoms with Crippen LogP contribution in [-0.4, -0.2) is 63.8 Å². The molecule has 0 radical (unpaired) electrons. The van der Waals surface area contributed by atoms with Crippen LogP contribution in [0.15, 0.2) is 4.99 Å². The summed E-state index contributed by atoms with van der Waals surface area (Å²) in [5.41, 5.74) is 0. The van der Waals surface area contributed by atoms with Gasteiger partial charge in [-0.25, -0.2) is 0 Å². The molecule has 0 unspecified atom stereocenters. The average Bonchev–Trinajstić information content (AvgIpc) is 2.51. The normalized spacial score (nSPS) is 17.0. The Morgan fingerprint density at radius 3 is 2.62 bits per heavy atom. The molecule has 0 aromatic carbocycles. The third-order valence-electron chi connectivity index (χ3n) is 3.79. The molecule has 1 rings (SSSR count). The molecule has 0 aliphatic carbocycles. The number of likely N-dealkylation sites (tertiary alicyclic amines) is 1. The molecular formula is C16H34N4O. The maximum Gasteiger partial charge on any atom is 0.191 e. The number of aliphatic imine (C=N–C) groups is 1. The van der Waals surface area contributed by atoms with Crippen LogP contribution in [0.1, 0.15) is 45.4 Å². The molecule has 0 aromatic heterocycles. The van der Waals surface area contributed by atoms with Crippen LogP contribution in [-0.2, 0) is 4.74 Å². The van der Waals surface area contributed by atoms with E-state index in [1.54, 1.807) is 7.11 Å². The Hall–Kier alpha value is -0.810. The van der Waals surface area contributed by atoms with Crippen molar-refractivity contribution in [2.75, 3.05) is 53.0 Å². The molecule has 0 aromatic rings. The van der Waals surface area contributed by atoms with Gasteiger partial charge in [0.25, 0.3) is 0 Å². The van der Waals surface area contributed by atoms with E-state index in [1.165, 1.54) is 38.8 Å². The second-order valence-electron chi connectivity index (χ2n) is 5.64. The predicted octanol–water partition coefficient (Wildman–Crippen LogP) is 1.84. The smallest absolute Gasteiger partial charge is 0.191 e. The van der Waals surface area contributed by atoms with Crippen LogP contribution in [0, 0.1) is 0 Å². The first-order chi connectivity index (χ1) is 10.4. The van der Waals surface area contributed by atoms with E-state index >= 15 is 0 Å². The summed E-state index contributed by atoms with van der Waals surface area (Å²) in [5.74, 6) is 0.959. The van der Waals surface area contributed by atoms with Crippen LogP contribution in [0.5, 0.6) is 0 Å². The molecule has 21 heavy (non-hydrogen) atoms. The predicted molar refractivity (Wildman–Crippen MR) is 90.0 cm³/mol. The molecule has 5 heteroatoms. The minimum Gasteiger partial charge on any atom is -0.385 e. The fourth-order valence-corrected chi connectivity index (χ4v) is 2.58. The van der Waals surface area contributed by atoms with Crippen LogP contribution in [0.4, 0.5) is 0 Å². The van der Waals surface area contributed by atoms with Crippen molar-refractivity contribution in [1.29, 1.82) is 0 Å². The van der Waals surface area contributed by atoms with Gasteiger partial charge in [-0.15, -0.1) is 0 Å². The zero-order chi connectivity index (χ0) is 15.2. The van der Waals surface area contributed by atoms with Gasteiger partial charge < -0.3 is 20.3 Å². The molecule has 0 spiro atoms. The van der Waals surface area contributed by atoms with Crippen molar-refractivity contribution in [1.82, 2.24) is 15.5 Å². The Morgan fingerprint density at radius 2 is 1.90 bits per heavy atom. The Labute approximate surface area is 130 Å². The molecular weight excluding hydrogens is 264 g/mol. The van der Waals surface area contributed by atoms with Crippen molar-refractivity contribution in [3.8, 4) is 0 Å². The topological polar surface area (TPSA) is 48.9 Å². The lowest BCUT2D eigenvalue weighted by molar-refractivity contribution is 0.192. The molecule has 0 atom stereocenters. The van der Waals surface area contributed by atoms with E-state index < -0.39 is 0 Å². The van der Waals surface area contributed by atoms with E-state index in [0.29, 0.717) is 0 Å². The van der Waals surface area contributed by atoms with Crippen molar-refractivity contribution >= 4 is 5.96 Å². The summed E-state index contributed by atoms with van der Waals surface area (Å²) in [5, 5.41) is 6.76. The quantitative estimate of drug-likeness (QED) is 0.367. The highest BCUT2D eigenvalue weighted by Crippen LogP contribution is 2.07. The lowest BCUT2D eigenvalue weighted by Crippen LogP contribution is -2.42. The van der Waals surface area contributed by atoms with Crippen molar-refractivity contribution in [3.63, 3.8) is 0 Å². The minimum atomic E-state index is 0.859. The first-order valence-electron chi connectivity index (χ1n) is 8.60. The molecule has 1 aliphatic heterocycles. The van der Waals surface area contributed by atoms with Crippen LogP contribution >= 0.6 is 0 Å². The molecule has 5 nitrogen and oxygen atoms in total. The van der Waals surface area contributed by atoms with Gasteiger partial charge in [-0.2, -0.15) is 0 Å². The zero-order valence-electron chi connectivity index (χ0n) is 14.0. The number of piperidine rings is 1. The van der Waals surface area contributed by atoms with E-state index in [4.69, 9.17) is 4.74 Å². The standard InChI is InChI=1S/C16H34N4O/c1-3-17-16(18-10-6-4-9-15-21-2)19-11-14-20-12-7-5-8-13-20/h3-15H2,1-2H3,(H2,17,18,19). The van der Waals surface area contributed by atoms with E-state index in [9.17, 15) is 0 Å². The Balaban J connectivity index is 2.12. The number of rotatable bonds is 10. The van der Waals surface area contributed by atoms with Gasteiger partial charge in [0, 0.05) is 39.9 Å². The van der Waals surface area contributed by atoms with Crippen LogP contribution < -0.4 is 10.6 Å². The van der Waals surface area contributed by atoms with Crippen molar-refractivity contribution in [2.24, 2.45) is 4.99 Å². The van der Waals surface area contributed by atoms with Gasteiger partial charge in [-0.05, 0) is 52.1 Å². The maximum atomic E-state index is 5.05. The van der Waals surface area contributed by atoms with Gasteiger partial charge in [0.2, 0.25) is 0 Å². The molecule has 0 amide bonds. The van der Waals surface area contributed by atoms with Crippen molar-refractivity contribution < 1.29 is 4.74 Å². The molecule has 124 valence electrons. The Kier molecular flexibility index (Phi) is 11.2. The second kappa shape index (κ2) is 12.9. The lowest BCUT2D eigenvalue weighted by Gasteiger charge is -2.26. The minimum absolute atomic E-state index is 0.859. The van der Waals surface area contributed by atoms with Gasteiger partial charge in [0.05, 0.1) is 0 Å². The van der Waals surface area contributed by atoms with Gasteiger partial charge in [-0.1, -0.05) is 6.42 Å². The summed E-state index contributed by atoms with van der Waals surface area (Å²) in [7, 11) is 1.76. The Morgan fingerprint density at radius 1 is 1.10 bits per heavy atom. The van der Waals surface area contributed by atoms with E-state index in [-0.39, 0.29) is 0 Å². The summed E-state index contributed by atoms with van der Waals surface area (Å²) >= 11 is 0. The monoisotopic (exact) mass is 298 g/mol. The number of ether oxygens (including phenoxy) is 1. The fraction of sp³-hybridized carbons (Fsp3) is 0.938. The zero-order valence-corrected chi connectivity index (χ0v) is 14.0. The molecule has 1 aliphatic rings. The molecule has 1 heterocycles. The van der Waals surface area contributed by atoms with E-state index in [1.807, 2.05) is 0 Å². The highest BCUT2D eigenvalue weighted by molar-refractivity contribution is 5.79. The molecule has 2 N–H and O–H groups in total. The highest BCUT2D eigenvalue weighted by atomic mass is 16.5. The first kappa shape index (κ1) is 18.2. The molecule has 0 saturated carbocycles. The number of hydrogen-bond donors (Lipinski definition) is 2. The molecule has 0 bridgehead atoms. The third kappa shape index (κ3) is 9.69. The average molecular weight is 298 g/mol. The fourth-order valence-electron chi connectivity index (χ4n) is 2.58. The number of guanidine groups is 1. The van der Waals surface area contributed by atoms with E-state index in [2.05, 4.69) is 27.4 Å². The van der Waals surface area contributed by atoms with Crippen LogP contribution in [0.3, 0.4) is 0 Å². The largest absolute Gasteiger partial charge is 0.385 e. The summed E-state index contributed by atoms with van der Waals surface area (Å²) in [6.45, 7) is 9.40. The number of nitrogens with zero attached hydrogens (tertiary/aromatic N) is 2. The lowest BCUT2D eigenvalue weighted by atomic mass is 10.1. The van der Waals surface area contributed by atoms with Crippen molar-refractivity contribution in [3.05, 3.63) is 0 Å². The van der Waals surface area contributed by atoms with E-state index in [0.717, 1.165) is 51.6 Å². The van der Waals surface area contributed by atoms with Gasteiger partial charge in [0.15, 0.2) is 5.96 Å². The molecule has 1 fully saturated rings. The van der Waals surface area contributed by atoms with Gasteiger partial charge in [-0.3, -0.25) is 4.99 Å². The highest BCUT2D eigenvalue weighted by Gasteiger charge is 2.09. The van der Waals surface area contributed by atoms with Gasteiger partial charge >= 0.3 is 0 Å². The van der Waals surface area contributed by atoms with Crippen LogP contribution in [0.2, 0.25) is 0 Å². The maximum absolute atomic E-state index is 5.05. The van der Waals surface area contributed by atoms with Crippen molar-refractivity contribution in [2.45, 2.75) is 45.4 Å². The summed E-state index contributed by atoms with van der Waals surface area (Å²) < 4.78 is 5.05. The second-order valence-corrected chi connectivity index (χ2v) is 5.64. The number of methoxy groups -OCH3 is 1. The number of hydrogen-bond acceptors (Lipinski definition) is 3. The Bertz CT molecular complexity index is 265. The SMILES string of the molecule is CCNC(=NCCCCCOC)NCCN1CCCCC1. The summed E-state index contributed by atoms with van der Waals surface area (Å²) in [4.78, 5) is 7.18. The third-order valence-corrected chi connectivity index (χ3v) is 3.79.